The molecular formula is C12H16N2O3. The van der Waals surface area contributed by atoms with Gasteiger partial charge in [0.2, 0.25) is 5.91 Å². The van der Waals surface area contributed by atoms with Crippen LogP contribution in [0.5, 0.6) is 0 Å². The van der Waals surface area contributed by atoms with Crippen LogP contribution in [-0.4, -0.2) is 25.0 Å². The number of benzene rings is 1. The van der Waals surface area contributed by atoms with Crippen molar-refractivity contribution in [3.05, 3.63) is 29.8 Å². The van der Waals surface area contributed by atoms with Gasteiger partial charge in [-0.1, -0.05) is 12.1 Å². The lowest BCUT2D eigenvalue weighted by atomic mass is 10.1. The van der Waals surface area contributed by atoms with Crippen LogP contribution in [0, 0.1) is 0 Å². The number of anilines is 1. The van der Waals surface area contributed by atoms with E-state index in [0.717, 1.165) is 5.56 Å². The van der Waals surface area contributed by atoms with Crippen molar-refractivity contribution >= 4 is 17.5 Å². The predicted molar refractivity (Wildman–Crippen MR) is 64.2 cm³/mol. The highest BCUT2D eigenvalue weighted by molar-refractivity contribution is 5.96. The van der Waals surface area contributed by atoms with Gasteiger partial charge in [0.1, 0.15) is 6.10 Å². The van der Waals surface area contributed by atoms with E-state index in [1.807, 2.05) is 12.1 Å². The van der Waals surface area contributed by atoms with Crippen molar-refractivity contribution < 1.29 is 14.3 Å². The monoisotopic (exact) mass is 236 g/mol. The highest BCUT2D eigenvalue weighted by atomic mass is 16.5. The van der Waals surface area contributed by atoms with Crippen LogP contribution in [0.15, 0.2) is 24.3 Å². The number of rotatable bonds is 4. The molecule has 0 fully saturated rings. The Hall–Kier alpha value is -1.88. The molecule has 0 saturated heterocycles. The summed E-state index contributed by atoms with van der Waals surface area (Å²) in [5, 5.41) is 2.20. The molecule has 5 heteroatoms. The van der Waals surface area contributed by atoms with Crippen LogP contribution >= 0.6 is 0 Å². The molecule has 0 aliphatic carbocycles. The van der Waals surface area contributed by atoms with Gasteiger partial charge in [-0.25, -0.2) is 0 Å². The molecule has 1 aromatic rings. The largest absolute Gasteiger partial charge is 0.399 e. The van der Waals surface area contributed by atoms with Crippen molar-refractivity contribution in [3.63, 3.8) is 0 Å². The van der Waals surface area contributed by atoms with Crippen LogP contribution in [0.1, 0.15) is 12.5 Å². The van der Waals surface area contributed by atoms with Crippen LogP contribution < -0.4 is 11.1 Å². The third kappa shape index (κ3) is 4.24. The molecular weight excluding hydrogens is 220 g/mol. The molecule has 0 radical (unpaired) electrons. The van der Waals surface area contributed by atoms with Crippen LogP contribution in [0.25, 0.3) is 0 Å². The predicted octanol–water partition coefficient (Wildman–Crippen LogP) is 0.489. The third-order valence-electron chi connectivity index (χ3n) is 2.28. The Bertz CT molecular complexity index is 401. The Labute approximate surface area is 99.9 Å². The molecule has 1 rings (SSSR count). The van der Waals surface area contributed by atoms with E-state index in [1.54, 1.807) is 12.1 Å². The van der Waals surface area contributed by atoms with Crippen molar-refractivity contribution in [2.24, 2.45) is 0 Å². The number of hydrogen-bond donors (Lipinski definition) is 2. The van der Waals surface area contributed by atoms with E-state index < -0.39 is 17.9 Å². The quantitative estimate of drug-likeness (QED) is 0.745. The van der Waals surface area contributed by atoms with E-state index in [4.69, 9.17) is 10.5 Å². The van der Waals surface area contributed by atoms with Gasteiger partial charge in [0.25, 0.3) is 5.91 Å². The van der Waals surface area contributed by atoms with Crippen molar-refractivity contribution in [2.45, 2.75) is 19.4 Å². The number of nitrogens with one attached hydrogen (secondary N) is 1. The van der Waals surface area contributed by atoms with Gasteiger partial charge < -0.3 is 10.5 Å². The second-order valence-corrected chi connectivity index (χ2v) is 3.72. The molecule has 0 heterocycles. The number of nitrogens with two attached hydrogens (primary N) is 1. The number of carbonyl (C=O) groups excluding carboxylic acids is 2. The SMILES string of the molecule is COC(Cc1ccc(N)cc1)C(=O)NC(C)=O. The van der Waals surface area contributed by atoms with Crippen LogP contribution in [0.2, 0.25) is 0 Å². The molecule has 1 atom stereocenters. The van der Waals surface area contributed by atoms with Gasteiger partial charge in [-0.2, -0.15) is 0 Å². The molecule has 0 aliphatic heterocycles. The minimum Gasteiger partial charge on any atom is -0.399 e. The Morgan fingerprint density at radius 1 is 1.35 bits per heavy atom. The first-order valence-corrected chi connectivity index (χ1v) is 5.21. The molecule has 5 nitrogen and oxygen atoms in total. The molecule has 0 saturated carbocycles. The summed E-state index contributed by atoms with van der Waals surface area (Å²) in [4.78, 5) is 22.3. The fraction of sp³-hybridized carbons (Fsp3) is 0.333. The van der Waals surface area contributed by atoms with Crippen molar-refractivity contribution in [2.75, 3.05) is 12.8 Å². The molecule has 2 amide bonds. The lowest BCUT2D eigenvalue weighted by Crippen LogP contribution is -2.39. The van der Waals surface area contributed by atoms with Gasteiger partial charge in [0.05, 0.1) is 0 Å². The van der Waals surface area contributed by atoms with Gasteiger partial charge >= 0.3 is 0 Å². The van der Waals surface area contributed by atoms with Gasteiger partial charge in [-0.3, -0.25) is 14.9 Å². The molecule has 0 spiro atoms. The number of methoxy groups -OCH3 is 1. The van der Waals surface area contributed by atoms with E-state index in [2.05, 4.69) is 5.32 Å². The fourth-order valence-corrected chi connectivity index (χ4v) is 1.40. The number of amides is 2. The lowest BCUT2D eigenvalue weighted by molar-refractivity contribution is -0.136. The average molecular weight is 236 g/mol. The summed E-state index contributed by atoms with van der Waals surface area (Å²) in [7, 11) is 1.43. The van der Waals surface area contributed by atoms with Crippen LogP contribution in [0.4, 0.5) is 5.69 Å². The third-order valence-corrected chi connectivity index (χ3v) is 2.28. The van der Waals surface area contributed by atoms with Crippen molar-refractivity contribution in [1.82, 2.24) is 5.32 Å². The Morgan fingerprint density at radius 2 is 1.94 bits per heavy atom. The number of hydrogen-bond acceptors (Lipinski definition) is 4. The number of imide groups is 1. The zero-order chi connectivity index (χ0) is 12.8. The summed E-state index contributed by atoms with van der Waals surface area (Å²) in [5.74, 6) is -0.828. The maximum absolute atomic E-state index is 11.6. The molecule has 3 N–H and O–H groups in total. The van der Waals surface area contributed by atoms with Gasteiger partial charge in [-0.05, 0) is 17.7 Å². The van der Waals surface area contributed by atoms with E-state index in [1.165, 1.54) is 14.0 Å². The van der Waals surface area contributed by atoms with Gasteiger partial charge in [0.15, 0.2) is 0 Å². The Kier molecular flexibility index (Phi) is 4.66. The topological polar surface area (TPSA) is 81.4 Å². The van der Waals surface area contributed by atoms with Crippen molar-refractivity contribution in [1.29, 1.82) is 0 Å². The van der Waals surface area contributed by atoms with Gasteiger partial charge in [0, 0.05) is 26.1 Å². The summed E-state index contributed by atoms with van der Waals surface area (Å²) < 4.78 is 5.05. The normalized spacial score (nSPS) is 11.9. The van der Waals surface area contributed by atoms with Crippen LogP contribution in [-0.2, 0) is 20.7 Å². The first kappa shape index (κ1) is 13.2. The highest BCUT2D eigenvalue weighted by Crippen LogP contribution is 2.09. The second kappa shape index (κ2) is 6.00. The Morgan fingerprint density at radius 3 is 2.41 bits per heavy atom. The summed E-state index contributed by atoms with van der Waals surface area (Å²) >= 11 is 0. The summed E-state index contributed by atoms with van der Waals surface area (Å²) in [6, 6.07) is 7.15. The minimum atomic E-state index is -0.678. The lowest BCUT2D eigenvalue weighted by Gasteiger charge is -2.14. The molecule has 92 valence electrons. The van der Waals surface area contributed by atoms with Crippen molar-refractivity contribution in [3.8, 4) is 0 Å². The molecule has 1 unspecified atom stereocenters. The molecule has 0 aliphatic rings. The van der Waals surface area contributed by atoms with E-state index in [0.29, 0.717) is 12.1 Å². The molecule has 1 aromatic carbocycles. The summed E-state index contributed by atoms with van der Waals surface area (Å²) in [6.07, 6.45) is -0.280. The van der Waals surface area contributed by atoms with Gasteiger partial charge in [-0.15, -0.1) is 0 Å². The smallest absolute Gasteiger partial charge is 0.255 e. The maximum Gasteiger partial charge on any atom is 0.255 e. The van der Waals surface area contributed by atoms with Crippen LogP contribution in [0.3, 0.4) is 0 Å². The Balaban J connectivity index is 2.66. The summed E-state index contributed by atoms with van der Waals surface area (Å²) in [5.41, 5.74) is 7.14. The minimum absolute atomic E-state index is 0.394. The van der Waals surface area contributed by atoms with E-state index in [-0.39, 0.29) is 0 Å². The molecule has 0 aromatic heterocycles. The standard InChI is InChI=1S/C12H16N2O3/c1-8(15)14-12(16)11(17-2)7-9-3-5-10(13)6-4-9/h3-6,11H,7,13H2,1-2H3,(H,14,15,16). The molecule has 0 bridgehead atoms. The van der Waals surface area contributed by atoms with E-state index in [9.17, 15) is 9.59 Å². The number of ether oxygens (including phenoxy) is 1. The second-order valence-electron chi connectivity index (χ2n) is 3.72. The first-order chi connectivity index (χ1) is 8.02. The highest BCUT2D eigenvalue weighted by Gasteiger charge is 2.19. The first-order valence-electron chi connectivity index (χ1n) is 5.21. The number of carbonyl (C=O) groups is 2. The molecule has 17 heavy (non-hydrogen) atoms. The average Bonchev–Trinajstić information content (AvgIpc) is 2.27. The zero-order valence-electron chi connectivity index (χ0n) is 9.90. The summed E-state index contributed by atoms with van der Waals surface area (Å²) in [6.45, 7) is 1.29. The van der Waals surface area contributed by atoms with E-state index >= 15 is 0 Å². The number of nitrogen functional groups attached to an aromatic ring is 1. The fourth-order valence-electron chi connectivity index (χ4n) is 1.40. The maximum atomic E-state index is 11.6. The zero-order valence-corrected chi connectivity index (χ0v) is 9.90.